The van der Waals surface area contributed by atoms with Crippen LogP contribution in [0.3, 0.4) is 0 Å². The summed E-state index contributed by atoms with van der Waals surface area (Å²) in [5, 5.41) is 30.7. The van der Waals surface area contributed by atoms with Gasteiger partial charge in [0.15, 0.2) is 0 Å². The third-order valence-electron chi connectivity index (χ3n) is 3.03. The maximum atomic E-state index is 10.6. The molecule has 1 aromatic rings. The minimum absolute atomic E-state index is 0.0226. The van der Waals surface area contributed by atoms with E-state index < -0.39 is 11.9 Å². The number of benzene rings is 1. The number of carbonyl (C=O) groups is 2. The molecule has 0 saturated heterocycles. The van der Waals surface area contributed by atoms with Crippen molar-refractivity contribution in [2.45, 2.75) is 37.7 Å². The second kappa shape index (κ2) is 12.1. The fraction of sp³-hybridized carbons (Fsp3) is 0.556. The fourth-order valence-electron chi connectivity index (χ4n) is 2.03. The van der Waals surface area contributed by atoms with Crippen molar-refractivity contribution in [1.29, 1.82) is 0 Å². The normalized spacial score (nSPS) is 10.8. The van der Waals surface area contributed by atoms with E-state index in [1.54, 1.807) is 0 Å². The van der Waals surface area contributed by atoms with Gasteiger partial charge in [-0.2, -0.15) is 0 Å². The van der Waals surface area contributed by atoms with E-state index in [0.717, 1.165) is 11.1 Å². The van der Waals surface area contributed by atoms with Crippen LogP contribution in [0.1, 0.15) is 37.5 Å². The number of hydrogen-bond donors (Lipinski definition) is 4. The molecular weight excluding hydrogens is 374 g/mol. The van der Waals surface area contributed by atoms with Gasteiger partial charge < -0.3 is 20.6 Å². The van der Waals surface area contributed by atoms with Crippen LogP contribution in [0.15, 0.2) is 12.1 Å². The second-order valence-electron chi connectivity index (χ2n) is 6.67. The molecule has 0 spiro atoms. The van der Waals surface area contributed by atoms with E-state index in [-0.39, 0.29) is 22.7 Å². The Morgan fingerprint density at radius 3 is 1.88 bits per heavy atom. The zero-order valence-electron chi connectivity index (χ0n) is 16.0. The van der Waals surface area contributed by atoms with Gasteiger partial charge in [-0.1, -0.05) is 32.9 Å². The molecule has 0 heterocycles. The first-order valence-corrected chi connectivity index (χ1v) is 10.4. The molecule has 0 aliphatic heterocycles. The van der Waals surface area contributed by atoms with E-state index >= 15 is 0 Å². The van der Waals surface area contributed by atoms with Gasteiger partial charge >= 0.3 is 11.9 Å². The second-order valence-corrected chi connectivity index (χ2v) is 8.65. The average molecular weight is 404 g/mol. The maximum absolute atomic E-state index is 10.6. The van der Waals surface area contributed by atoms with Crippen LogP contribution >= 0.6 is 23.5 Å². The highest BCUT2D eigenvalue weighted by molar-refractivity contribution is 7.99. The topological polar surface area (TPSA) is 107 Å². The van der Waals surface area contributed by atoms with Gasteiger partial charge in [0, 0.05) is 17.1 Å². The molecule has 1 rings (SSSR count). The van der Waals surface area contributed by atoms with E-state index in [1.807, 2.05) is 47.0 Å². The van der Waals surface area contributed by atoms with Crippen LogP contribution in [0.2, 0.25) is 0 Å². The molecule has 6 nitrogen and oxygen atoms in total. The quantitative estimate of drug-likeness (QED) is 0.524. The lowest BCUT2D eigenvalue weighted by atomic mass is 9.84. The summed E-state index contributed by atoms with van der Waals surface area (Å²) in [4.78, 5) is 21.3. The van der Waals surface area contributed by atoms with Gasteiger partial charge in [-0.3, -0.25) is 9.59 Å². The number of rotatable bonds is 8. The number of carboxylic acids is 2. The summed E-state index contributed by atoms with van der Waals surface area (Å²) in [5.41, 5.74) is 2.15. The minimum atomic E-state index is -0.890. The average Bonchev–Trinajstić information content (AvgIpc) is 2.48. The zero-order valence-corrected chi connectivity index (χ0v) is 17.6. The van der Waals surface area contributed by atoms with Crippen LogP contribution in [0.25, 0.3) is 0 Å². The van der Waals surface area contributed by atoms with Crippen LogP contribution in [-0.2, 0) is 26.5 Å². The molecule has 0 bridgehead atoms. The summed E-state index contributed by atoms with van der Waals surface area (Å²) >= 11 is 2.52. The lowest BCUT2D eigenvalue weighted by Gasteiger charge is -2.23. The molecule has 1 aromatic carbocycles. The van der Waals surface area contributed by atoms with Crippen molar-refractivity contribution < 1.29 is 24.9 Å². The lowest BCUT2D eigenvalue weighted by Crippen LogP contribution is -2.13. The summed E-state index contributed by atoms with van der Waals surface area (Å²) in [6.45, 7) is 5.97. The molecule has 0 aromatic heterocycles. The molecule has 0 atom stereocenters. The van der Waals surface area contributed by atoms with Crippen LogP contribution in [-0.4, -0.2) is 52.9 Å². The third kappa shape index (κ3) is 9.94. The smallest absolute Gasteiger partial charge is 0.313 e. The van der Waals surface area contributed by atoms with Crippen LogP contribution < -0.4 is 5.32 Å². The highest BCUT2D eigenvalue weighted by atomic mass is 32.2. The zero-order chi connectivity index (χ0) is 20.3. The Morgan fingerprint density at radius 1 is 1.00 bits per heavy atom. The summed E-state index contributed by atoms with van der Waals surface area (Å²) in [5.74, 6) is -0.620. The van der Waals surface area contributed by atoms with E-state index in [0.29, 0.717) is 17.1 Å². The summed E-state index contributed by atoms with van der Waals surface area (Å²) in [7, 11) is 3.75. The molecule has 0 fully saturated rings. The molecule has 0 radical (unpaired) electrons. The van der Waals surface area contributed by atoms with Gasteiger partial charge in [-0.25, -0.2) is 0 Å². The third-order valence-corrected chi connectivity index (χ3v) is 4.99. The molecular formula is C18H29NO5S2. The van der Waals surface area contributed by atoms with Crippen LogP contribution in [0.4, 0.5) is 0 Å². The molecule has 0 amide bonds. The molecule has 4 N–H and O–H groups in total. The van der Waals surface area contributed by atoms with E-state index in [4.69, 9.17) is 10.2 Å². The van der Waals surface area contributed by atoms with Gasteiger partial charge in [0.25, 0.3) is 0 Å². The Balaban J connectivity index is 0.00000194. The number of phenolic OH excluding ortho intramolecular Hbond substituents is 1. The molecule has 26 heavy (non-hydrogen) atoms. The summed E-state index contributed by atoms with van der Waals surface area (Å²) < 4.78 is 0. The van der Waals surface area contributed by atoms with Crippen molar-refractivity contribution >= 4 is 35.5 Å². The van der Waals surface area contributed by atoms with Crippen LogP contribution in [0, 0.1) is 0 Å². The maximum Gasteiger partial charge on any atom is 0.313 e. The Bertz CT molecular complexity index is 600. The fourth-order valence-corrected chi connectivity index (χ4v) is 3.43. The van der Waals surface area contributed by atoms with Gasteiger partial charge in [0.1, 0.15) is 5.75 Å². The Hall–Kier alpha value is -1.38. The van der Waals surface area contributed by atoms with Gasteiger partial charge in [0.05, 0.1) is 11.5 Å². The van der Waals surface area contributed by atoms with Gasteiger partial charge in [-0.05, 0) is 30.6 Å². The van der Waals surface area contributed by atoms with Crippen molar-refractivity contribution in [2.24, 2.45) is 0 Å². The van der Waals surface area contributed by atoms with Crippen molar-refractivity contribution in [1.82, 2.24) is 5.32 Å². The number of phenols is 1. The number of thioether (sulfide) groups is 2. The number of aromatic hydroxyl groups is 1. The summed E-state index contributed by atoms with van der Waals surface area (Å²) in [6.07, 6.45) is 0. The molecule has 0 unspecified atom stereocenters. The van der Waals surface area contributed by atoms with E-state index in [2.05, 4.69) is 5.32 Å². The Labute approximate surface area is 163 Å². The predicted octanol–water partition coefficient (Wildman–Crippen LogP) is 3.16. The highest BCUT2D eigenvalue weighted by Crippen LogP contribution is 2.36. The SMILES string of the molecule is CC(C)(C)c1cc(CSCC(=O)O)cc(CSCC(=O)O)c1O.CNC. The number of nitrogens with one attached hydrogen (secondary N) is 1. The number of hydrogen-bond acceptors (Lipinski definition) is 6. The summed E-state index contributed by atoms with van der Waals surface area (Å²) in [6, 6.07) is 3.73. The largest absolute Gasteiger partial charge is 0.507 e. The first-order valence-electron chi connectivity index (χ1n) is 8.05. The predicted molar refractivity (Wildman–Crippen MR) is 109 cm³/mol. The monoisotopic (exact) mass is 403 g/mol. The molecule has 0 aliphatic carbocycles. The lowest BCUT2D eigenvalue weighted by molar-refractivity contribution is -0.134. The van der Waals surface area contributed by atoms with Crippen molar-refractivity contribution in [2.75, 3.05) is 25.6 Å². The van der Waals surface area contributed by atoms with Crippen molar-refractivity contribution in [3.63, 3.8) is 0 Å². The molecule has 148 valence electrons. The van der Waals surface area contributed by atoms with Crippen LogP contribution in [0.5, 0.6) is 5.75 Å². The molecule has 8 heteroatoms. The number of carboxylic acid groups (broad SMARTS) is 2. The minimum Gasteiger partial charge on any atom is -0.507 e. The van der Waals surface area contributed by atoms with Gasteiger partial charge in [-0.15, -0.1) is 23.5 Å². The van der Waals surface area contributed by atoms with Gasteiger partial charge in [0.2, 0.25) is 0 Å². The Morgan fingerprint density at radius 2 is 1.46 bits per heavy atom. The number of aliphatic carboxylic acids is 2. The van der Waals surface area contributed by atoms with E-state index in [1.165, 1.54) is 23.5 Å². The molecule has 0 aliphatic rings. The van der Waals surface area contributed by atoms with Crippen molar-refractivity contribution in [3.05, 3.63) is 28.8 Å². The standard InChI is InChI=1S/C16H22O5S2.C2H7N/c1-16(2,3)12-5-10(6-22-8-13(17)18)4-11(15(12)21)7-23-9-14(19)20;1-3-2/h4-5,21H,6-9H2,1-3H3,(H,17,18)(H,19,20);3H,1-2H3. The van der Waals surface area contributed by atoms with E-state index in [9.17, 15) is 14.7 Å². The Kier molecular flexibility index (Phi) is 11.4. The van der Waals surface area contributed by atoms with Crippen molar-refractivity contribution in [3.8, 4) is 5.75 Å². The first kappa shape index (κ1) is 24.6. The molecule has 0 saturated carbocycles. The first-order chi connectivity index (χ1) is 12.0. The highest BCUT2D eigenvalue weighted by Gasteiger charge is 2.21.